The molecule has 0 aliphatic carbocycles. The number of aryl methyl sites for hydroxylation is 1. The molecule has 2 N–H and O–H groups in total. The molecule has 0 saturated carbocycles. The second-order valence-corrected chi connectivity index (χ2v) is 3.47. The average molecular weight is 235 g/mol. The number of carbonyl (C=O) groups is 1. The van der Waals surface area contributed by atoms with Crippen LogP contribution < -0.4 is 10.1 Å². The van der Waals surface area contributed by atoms with Crippen LogP contribution >= 0.6 is 0 Å². The standard InChI is InChI=1S/C10H13N5O2/c1-15-9(17-2)3-8(14-15)6-11-10(16)7-4-12-13-5-7/h3-5H,6H2,1-2H3,(H,11,16)(H,12,13). The fourth-order valence-electron chi connectivity index (χ4n) is 1.43. The number of hydrogen-bond donors (Lipinski definition) is 2. The van der Waals surface area contributed by atoms with E-state index < -0.39 is 0 Å². The Labute approximate surface area is 97.8 Å². The maximum atomic E-state index is 11.6. The first-order valence-corrected chi connectivity index (χ1v) is 5.04. The number of aromatic nitrogens is 4. The van der Waals surface area contributed by atoms with E-state index in [-0.39, 0.29) is 5.91 Å². The van der Waals surface area contributed by atoms with Crippen molar-refractivity contribution in [1.82, 2.24) is 25.3 Å². The predicted molar refractivity (Wildman–Crippen MR) is 59.5 cm³/mol. The number of hydrogen-bond acceptors (Lipinski definition) is 4. The molecule has 0 radical (unpaired) electrons. The SMILES string of the molecule is COc1cc(CNC(=O)c2cn[nH]c2)nn1C. The van der Waals surface area contributed by atoms with E-state index in [9.17, 15) is 4.79 Å². The van der Waals surface area contributed by atoms with E-state index in [4.69, 9.17) is 4.74 Å². The Morgan fingerprint density at radius 3 is 3.06 bits per heavy atom. The van der Waals surface area contributed by atoms with Crippen molar-refractivity contribution in [2.24, 2.45) is 7.05 Å². The van der Waals surface area contributed by atoms with Gasteiger partial charge in [-0.25, -0.2) is 4.68 Å². The summed E-state index contributed by atoms with van der Waals surface area (Å²) in [5, 5.41) is 13.2. The van der Waals surface area contributed by atoms with Crippen LogP contribution in [0.5, 0.6) is 5.88 Å². The number of rotatable bonds is 4. The van der Waals surface area contributed by atoms with E-state index in [0.717, 1.165) is 5.69 Å². The van der Waals surface area contributed by atoms with Gasteiger partial charge in [0, 0.05) is 19.3 Å². The first-order valence-electron chi connectivity index (χ1n) is 5.04. The summed E-state index contributed by atoms with van der Waals surface area (Å²) in [5.41, 5.74) is 1.23. The lowest BCUT2D eigenvalue weighted by molar-refractivity contribution is 0.0950. The zero-order valence-corrected chi connectivity index (χ0v) is 9.60. The van der Waals surface area contributed by atoms with Gasteiger partial charge in [-0.3, -0.25) is 9.89 Å². The second kappa shape index (κ2) is 4.69. The van der Waals surface area contributed by atoms with Crippen LogP contribution in [0.25, 0.3) is 0 Å². The zero-order valence-electron chi connectivity index (χ0n) is 9.60. The molecule has 0 unspecified atom stereocenters. The number of nitrogens with one attached hydrogen (secondary N) is 2. The van der Waals surface area contributed by atoms with Crippen molar-refractivity contribution in [3.8, 4) is 5.88 Å². The molecule has 0 aliphatic rings. The summed E-state index contributed by atoms with van der Waals surface area (Å²) in [6.45, 7) is 0.348. The summed E-state index contributed by atoms with van der Waals surface area (Å²) in [5.74, 6) is 0.459. The Morgan fingerprint density at radius 1 is 1.65 bits per heavy atom. The molecule has 0 aromatic carbocycles. The van der Waals surface area contributed by atoms with Gasteiger partial charge in [0.15, 0.2) is 0 Å². The van der Waals surface area contributed by atoms with Crippen molar-refractivity contribution in [2.75, 3.05) is 7.11 Å². The van der Waals surface area contributed by atoms with Crippen LogP contribution in [0.1, 0.15) is 16.1 Å². The van der Waals surface area contributed by atoms with Crippen LogP contribution in [-0.2, 0) is 13.6 Å². The third-order valence-corrected chi connectivity index (χ3v) is 2.29. The molecule has 2 rings (SSSR count). The van der Waals surface area contributed by atoms with E-state index >= 15 is 0 Å². The molecular weight excluding hydrogens is 222 g/mol. The molecule has 0 aliphatic heterocycles. The van der Waals surface area contributed by atoms with Crippen molar-refractivity contribution >= 4 is 5.91 Å². The summed E-state index contributed by atoms with van der Waals surface area (Å²) < 4.78 is 6.69. The van der Waals surface area contributed by atoms with Crippen LogP contribution in [0, 0.1) is 0 Å². The molecule has 2 heterocycles. The van der Waals surface area contributed by atoms with Gasteiger partial charge in [0.2, 0.25) is 5.88 Å². The van der Waals surface area contributed by atoms with E-state index in [1.807, 2.05) is 0 Å². The lowest BCUT2D eigenvalue weighted by atomic mass is 10.3. The molecule has 0 bridgehead atoms. The lowest BCUT2D eigenvalue weighted by Crippen LogP contribution is -2.22. The Balaban J connectivity index is 1.96. The van der Waals surface area contributed by atoms with Gasteiger partial charge in [0.25, 0.3) is 5.91 Å². The molecule has 7 nitrogen and oxygen atoms in total. The highest BCUT2D eigenvalue weighted by atomic mass is 16.5. The third-order valence-electron chi connectivity index (χ3n) is 2.29. The first kappa shape index (κ1) is 11.2. The molecular formula is C10H13N5O2. The summed E-state index contributed by atoms with van der Waals surface area (Å²) in [7, 11) is 3.35. The van der Waals surface area contributed by atoms with Gasteiger partial charge in [-0.05, 0) is 0 Å². The molecule has 0 saturated heterocycles. The van der Waals surface area contributed by atoms with Crippen molar-refractivity contribution in [3.05, 3.63) is 29.7 Å². The minimum atomic E-state index is -0.191. The van der Waals surface area contributed by atoms with Crippen molar-refractivity contribution < 1.29 is 9.53 Å². The molecule has 0 atom stereocenters. The number of H-pyrrole nitrogens is 1. The monoisotopic (exact) mass is 235 g/mol. The van der Waals surface area contributed by atoms with E-state index in [1.54, 1.807) is 24.9 Å². The molecule has 17 heavy (non-hydrogen) atoms. The summed E-state index contributed by atoms with van der Waals surface area (Å²) >= 11 is 0. The average Bonchev–Trinajstić information content (AvgIpc) is 2.95. The summed E-state index contributed by atoms with van der Waals surface area (Å²) in [6.07, 6.45) is 3.00. The topological polar surface area (TPSA) is 84.8 Å². The van der Waals surface area contributed by atoms with Gasteiger partial charge >= 0.3 is 0 Å². The van der Waals surface area contributed by atoms with Crippen molar-refractivity contribution in [2.45, 2.75) is 6.54 Å². The predicted octanol–water partition coefficient (Wildman–Crippen LogP) is 0.0818. The van der Waals surface area contributed by atoms with Crippen LogP contribution in [-0.4, -0.2) is 33.0 Å². The maximum Gasteiger partial charge on any atom is 0.254 e. The Bertz CT molecular complexity index is 503. The summed E-state index contributed by atoms with van der Waals surface area (Å²) in [4.78, 5) is 11.6. The highest BCUT2D eigenvalue weighted by Gasteiger charge is 2.09. The quantitative estimate of drug-likeness (QED) is 0.786. The van der Waals surface area contributed by atoms with Gasteiger partial charge in [-0.15, -0.1) is 0 Å². The largest absolute Gasteiger partial charge is 0.481 e. The van der Waals surface area contributed by atoms with Crippen LogP contribution in [0.15, 0.2) is 18.5 Å². The van der Waals surface area contributed by atoms with E-state index in [0.29, 0.717) is 18.0 Å². The Kier molecular flexibility index (Phi) is 3.08. The molecule has 0 spiro atoms. The third kappa shape index (κ3) is 2.44. The summed E-state index contributed by atoms with van der Waals surface area (Å²) in [6, 6.07) is 1.77. The number of ether oxygens (including phenoxy) is 1. The van der Waals surface area contributed by atoms with Crippen molar-refractivity contribution in [3.63, 3.8) is 0 Å². The van der Waals surface area contributed by atoms with Gasteiger partial charge in [0.05, 0.1) is 31.1 Å². The fourth-order valence-corrected chi connectivity index (χ4v) is 1.43. The second-order valence-electron chi connectivity index (χ2n) is 3.47. The number of methoxy groups -OCH3 is 1. The minimum Gasteiger partial charge on any atom is -0.481 e. The minimum absolute atomic E-state index is 0.191. The van der Waals surface area contributed by atoms with Crippen LogP contribution in [0.3, 0.4) is 0 Å². The first-order chi connectivity index (χ1) is 8.20. The highest BCUT2D eigenvalue weighted by Crippen LogP contribution is 2.10. The van der Waals surface area contributed by atoms with E-state index in [1.165, 1.54) is 12.4 Å². The number of carbonyl (C=O) groups excluding carboxylic acids is 1. The van der Waals surface area contributed by atoms with Gasteiger partial charge in [0.1, 0.15) is 0 Å². The molecule has 0 fully saturated rings. The molecule has 2 aromatic rings. The lowest BCUT2D eigenvalue weighted by Gasteiger charge is -1.99. The molecule has 7 heteroatoms. The zero-order chi connectivity index (χ0) is 12.3. The fraction of sp³-hybridized carbons (Fsp3) is 0.300. The number of aromatic amines is 1. The maximum absolute atomic E-state index is 11.6. The number of nitrogens with zero attached hydrogens (tertiary/aromatic N) is 3. The normalized spacial score (nSPS) is 10.2. The Morgan fingerprint density at radius 2 is 2.47 bits per heavy atom. The van der Waals surface area contributed by atoms with Crippen LogP contribution in [0.4, 0.5) is 0 Å². The van der Waals surface area contributed by atoms with Gasteiger partial charge < -0.3 is 10.1 Å². The van der Waals surface area contributed by atoms with Crippen LogP contribution in [0.2, 0.25) is 0 Å². The highest BCUT2D eigenvalue weighted by molar-refractivity contribution is 5.93. The number of amides is 1. The molecule has 90 valence electrons. The molecule has 1 amide bonds. The smallest absolute Gasteiger partial charge is 0.254 e. The van der Waals surface area contributed by atoms with E-state index in [2.05, 4.69) is 20.6 Å². The van der Waals surface area contributed by atoms with Gasteiger partial charge in [-0.2, -0.15) is 10.2 Å². The molecule has 2 aromatic heterocycles. The van der Waals surface area contributed by atoms with Crippen molar-refractivity contribution in [1.29, 1.82) is 0 Å². The van der Waals surface area contributed by atoms with Gasteiger partial charge in [-0.1, -0.05) is 0 Å². The Hall–Kier alpha value is -2.31.